The molecule has 0 aliphatic heterocycles. The average molecular weight is 376 g/mol. The van der Waals surface area contributed by atoms with Gasteiger partial charge in [0.25, 0.3) is 0 Å². The van der Waals surface area contributed by atoms with Gasteiger partial charge in [-0.1, -0.05) is 52.3 Å². The van der Waals surface area contributed by atoms with Crippen LogP contribution in [0.2, 0.25) is 0 Å². The summed E-state index contributed by atoms with van der Waals surface area (Å²) in [7, 11) is 0. The van der Waals surface area contributed by atoms with E-state index in [1.807, 2.05) is 24.3 Å². The van der Waals surface area contributed by atoms with Gasteiger partial charge in [-0.25, -0.2) is 0 Å². The summed E-state index contributed by atoms with van der Waals surface area (Å²) < 4.78 is 1.07. The maximum absolute atomic E-state index is 10.9. The maximum Gasteiger partial charge on any atom is 0.303 e. The van der Waals surface area contributed by atoms with Crippen LogP contribution in [0.5, 0.6) is 0 Å². The molecule has 23 heavy (non-hydrogen) atoms. The lowest BCUT2D eigenvalue weighted by Crippen LogP contribution is -2.31. The van der Waals surface area contributed by atoms with E-state index in [9.17, 15) is 4.79 Å². The molecule has 0 spiro atoms. The van der Waals surface area contributed by atoms with Crippen molar-refractivity contribution in [2.45, 2.75) is 38.8 Å². The largest absolute Gasteiger partial charge is 0.481 e. The number of benzene rings is 2. The van der Waals surface area contributed by atoms with Crippen LogP contribution in [-0.2, 0) is 17.8 Å². The van der Waals surface area contributed by atoms with Gasteiger partial charge in [-0.05, 0) is 48.6 Å². The minimum Gasteiger partial charge on any atom is -0.481 e. The summed E-state index contributed by atoms with van der Waals surface area (Å²) in [6, 6.07) is 16.6. The van der Waals surface area contributed by atoms with E-state index < -0.39 is 5.97 Å². The van der Waals surface area contributed by atoms with Gasteiger partial charge in [0.2, 0.25) is 0 Å². The van der Waals surface area contributed by atoms with E-state index in [0.717, 1.165) is 17.4 Å². The highest BCUT2D eigenvalue weighted by molar-refractivity contribution is 9.10. The lowest BCUT2D eigenvalue weighted by Gasteiger charge is -2.19. The third-order valence-electron chi connectivity index (χ3n) is 3.92. The fraction of sp³-hybridized carbons (Fsp3) is 0.316. The monoisotopic (exact) mass is 375 g/mol. The predicted molar refractivity (Wildman–Crippen MR) is 96.5 cm³/mol. The molecule has 0 aliphatic rings. The lowest BCUT2D eigenvalue weighted by atomic mass is 10.0. The third kappa shape index (κ3) is 6.16. The summed E-state index contributed by atoms with van der Waals surface area (Å²) in [5, 5.41) is 12.5. The van der Waals surface area contributed by atoms with Gasteiger partial charge < -0.3 is 10.4 Å². The van der Waals surface area contributed by atoms with Gasteiger partial charge in [-0.15, -0.1) is 0 Å². The molecule has 0 radical (unpaired) electrons. The molecule has 0 saturated carbocycles. The van der Waals surface area contributed by atoms with E-state index >= 15 is 0 Å². The van der Waals surface area contributed by atoms with Crippen LogP contribution >= 0.6 is 15.9 Å². The van der Waals surface area contributed by atoms with E-state index in [0.29, 0.717) is 6.42 Å². The SMILES string of the molecule is Cc1cc(Br)ccc1CNC(CCC(=O)O)Cc1ccccc1. The Morgan fingerprint density at radius 2 is 1.96 bits per heavy atom. The number of carboxylic acids is 1. The van der Waals surface area contributed by atoms with Crippen LogP contribution in [0, 0.1) is 6.92 Å². The molecule has 0 amide bonds. The van der Waals surface area contributed by atoms with Crippen molar-refractivity contribution >= 4 is 21.9 Å². The molecule has 2 aromatic rings. The summed E-state index contributed by atoms with van der Waals surface area (Å²) in [4.78, 5) is 10.9. The van der Waals surface area contributed by atoms with E-state index in [2.05, 4.69) is 52.4 Å². The van der Waals surface area contributed by atoms with Crippen molar-refractivity contribution in [3.8, 4) is 0 Å². The zero-order chi connectivity index (χ0) is 16.7. The summed E-state index contributed by atoms with van der Waals surface area (Å²) in [5.41, 5.74) is 3.69. The van der Waals surface area contributed by atoms with E-state index in [1.54, 1.807) is 0 Å². The molecule has 0 aliphatic carbocycles. The van der Waals surface area contributed by atoms with Crippen molar-refractivity contribution in [3.63, 3.8) is 0 Å². The summed E-state index contributed by atoms with van der Waals surface area (Å²) in [6.07, 6.45) is 1.65. The molecule has 3 nitrogen and oxygen atoms in total. The number of aryl methyl sites for hydroxylation is 1. The number of rotatable bonds is 8. The molecule has 4 heteroatoms. The fourth-order valence-corrected chi connectivity index (χ4v) is 3.06. The van der Waals surface area contributed by atoms with Crippen molar-refractivity contribution in [1.29, 1.82) is 0 Å². The van der Waals surface area contributed by atoms with Crippen LogP contribution in [-0.4, -0.2) is 17.1 Å². The Morgan fingerprint density at radius 3 is 2.61 bits per heavy atom. The molecule has 2 aromatic carbocycles. The predicted octanol–water partition coefficient (Wildman–Crippen LogP) is 4.32. The Kier molecular flexibility index (Phi) is 6.81. The van der Waals surface area contributed by atoms with Crippen LogP contribution in [0.15, 0.2) is 53.0 Å². The van der Waals surface area contributed by atoms with Gasteiger partial charge >= 0.3 is 5.97 Å². The number of carbonyl (C=O) groups is 1. The van der Waals surface area contributed by atoms with E-state index in [1.165, 1.54) is 16.7 Å². The van der Waals surface area contributed by atoms with Crippen LogP contribution in [0.3, 0.4) is 0 Å². The van der Waals surface area contributed by atoms with Crippen molar-refractivity contribution in [2.24, 2.45) is 0 Å². The second-order valence-electron chi connectivity index (χ2n) is 5.77. The Balaban J connectivity index is 2.00. The summed E-state index contributed by atoms with van der Waals surface area (Å²) >= 11 is 3.48. The van der Waals surface area contributed by atoms with Crippen LogP contribution in [0.25, 0.3) is 0 Å². The number of carboxylic acid groups (broad SMARTS) is 1. The number of aliphatic carboxylic acids is 1. The highest BCUT2D eigenvalue weighted by atomic mass is 79.9. The number of nitrogens with one attached hydrogen (secondary N) is 1. The molecule has 0 fully saturated rings. The molecule has 0 saturated heterocycles. The number of halogens is 1. The maximum atomic E-state index is 10.9. The average Bonchev–Trinajstić information content (AvgIpc) is 2.52. The van der Waals surface area contributed by atoms with Gasteiger partial charge in [0.05, 0.1) is 0 Å². The molecule has 0 heterocycles. The van der Waals surface area contributed by atoms with Crippen molar-refractivity contribution in [2.75, 3.05) is 0 Å². The topological polar surface area (TPSA) is 49.3 Å². The zero-order valence-electron chi connectivity index (χ0n) is 13.3. The molecule has 1 unspecified atom stereocenters. The second-order valence-corrected chi connectivity index (χ2v) is 6.69. The van der Waals surface area contributed by atoms with E-state index in [4.69, 9.17) is 5.11 Å². The third-order valence-corrected chi connectivity index (χ3v) is 4.41. The van der Waals surface area contributed by atoms with Gasteiger partial charge in [0.15, 0.2) is 0 Å². The van der Waals surface area contributed by atoms with Gasteiger partial charge in [0, 0.05) is 23.5 Å². The van der Waals surface area contributed by atoms with Crippen molar-refractivity contribution in [3.05, 3.63) is 69.7 Å². The highest BCUT2D eigenvalue weighted by Crippen LogP contribution is 2.16. The van der Waals surface area contributed by atoms with Gasteiger partial charge in [0.1, 0.15) is 0 Å². The Hall–Kier alpha value is -1.65. The van der Waals surface area contributed by atoms with Crippen molar-refractivity contribution in [1.82, 2.24) is 5.32 Å². The first-order valence-corrected chi connectivity index (χ1v) is 8.58. The Morgan fingerprint density at radius 1 is 1.22 bits per heavy atom. The first-order chi connectivity index (χ1) is 11.0. The molecule has 1 atom stereocenters. The first kappa shape index (κ1) is 17.7. The standard InChI is InChI=1S/C19H22BrNO2/c1-14-11-17(20)8-7-16(14)13-21-18(9-10-19(22)23)12-15-5-3-2-4-6-15/h2-8,11,18,21H,9-10,12-13H2,1H3,(H,22,23). The van der Waals surface area contributed by atoms with Gasteiger partial charge in [-0.3, -0.25) is 4.79 Å². The zero-order valence-corrected chi connectivity index (χ0v) is 14.8. The highest BCUT2D eigenvalue weighted by Gasteiger charge is 2.12. The number of hydrogen-bond acceptors (Lipinski definition) is 2. The molecule has 122 valence electrons. The van der Waals surface area contributed by atoms with Crippen LogP contribution in [0.4, 0.5) is 0 Å². The van der Waals surface area contributed by atoms with Crippen LogP contribution in [0.1, 0.15) is 29.5 Å². The Bertz CT molecular complexity index is 643. The summed E-state index contributed by atoms with van der Waals surface area (Å²) in [5.74, 6) is -0.746. The Labute approximate surface area is 145 Å². The quantitative estimate of drug-likeness (QED) is 0.721. The lowest BCUT2D eigenvalue weighted by molar-refractivity contribution is -0.137. The molecular weight excluding hydrogens is 354 g/mol. The normalized spacial score (nSPS) is 12.1. The minimum absolute atomic E-state index is 0.150. The van der Waals surface area contributed by atoms with E-state index in [-0.39, 0.29) is 12.5 Å². The second kappa shape index (κ2) is 8.85. The minimum atomic E-state index is -0.746. The number of hydrogen-bond donors (Lipinski definition) is 2. The molecule has 2 rings (SSSR count). The molecule has 0 bridgehead atoms. The molecule has 0 aromatic heterocycles. The fourth-order valence-electron chi connectivity index (χ4n) is 2.58. The first-order valence-electron chi connectivity index (χ1n) is 7.78. The molecule has 2 N–H and O–H groups in total. The van der Waals surface area contributed by atoms with Crippen LogP contribution < -0.4 is 5.32 Å². The van der Waals surface area contributed by atoms with Crippen molar-refractivity contribution < 1.29 is 9.90 Å². The molecular formula is C19H22BrNO2. The smallest absolute Gasteiger partial charge is 0.303 e. The van der Waals surface area contributed by atoms with Gasteiger partial charge in [-0.2, -0.15) is 0 Å². The summed E-state index contributed by atoms with van der Waals surface area (Å²) in [6.45, 7) is 2.83.